The van der Waals surface area contributed by atoms with Crippen LogP contribution in [0.4, 0.5) is 11.4 Å². The maximum Gasteiger partial charge on any atom is 0.121 e. The Morgan fingerprint density at radius 1 is 1.29 bits per heavy atom. The predicted molar refractivity (Wildman–Crippen MR) is 71.1 cm³/mol. The van der Waals surface area contributed by atoms with E-state index < -0.39 is 0 Å². The third-order valence-electron chi connectivity index (χ3n) is 4.15. The summed E-state index contributed by atoms with van der Waals surface area (Å²) >= 11 is 0. The number of hydrogen-bond donors (Lipinski definition) is 1. The second-order valence-corrected chi connectivity index (χ2v) is 5.10. The first-order valence-electron chi connectivity index (χ1n) is 6.47. The summed E-state index contributed by atoms with van der Waals surface area (Å²) < 4.78 is 5.29. The first-order chi connectivity index (χ1) is 8.29. The Morgan fingerprint density at radius 3 is 2.94 bits per heavy atom. The summed E-state index contributed by atoms with van der Waals surface area (Å²) in [4.78, 5) is 2.44. The summed E-state index contributed by atoms with van der Waals surface area (Å²) in [5, 5.41) is 3.68. The number of nitrogens with one attached hydrogen (secondary N) is 1. The average Bonchev–Trinajstić information content (AvgIpc) is 2.38. The Morgan fingerprint density at radius 2 is 2.12 bits per heavy atom. The number of fused-ring (bicyclic) bond motifs is 2. The molecule has 0 spiro atoms. The molecule has 1 aliphatic carbocycles. The van der Waals surface area contributed by atoms with Gasteiger partial charge in [-0.3, -0.25) is 0 Å². The van der Waals surface area contributed by atoms with Crippen LogP contribution in [-0.2, 0) is 0 Å². The fraction of sp³-hybridized carbons (Fsp3) is 0.571. The number of nitrogens with zero attached hydrogens (tertiary/aromatic N) is 1. The molecule has 1 heterocycles. The predicted octanol–water partition coefficient (Wildman–Crippen LogP) is 2.87. The number of ether oxygens (including phenoxy) is 1. The van der Waals surface area contributed by atoms with Crippen LogP contribution in [-0.4, -0.2) is 26.2 Å². The molecule has 0 bridgehead atoms. The van der Waals surface area contributed by atoms with Crippen LogP contribution < -0.4 is 15.0 Å². The van der Waals surface area contributed by atoms with Crippen LogP contribution in [0, 0.1) is 0 Å². The van der Waals surface area contributed by atoms with Crippen molar-refractivity contribution in [1.29, 1.82) is 0 Å². The minimum absolute atomic E-state index is 0.605. The summed E-state index contributed by atoms with van der Waals surface area (Å²) in [5.74, 6) is 0.930. The second-order valence-electron chi connectivity index (χ2n) is 5.10. The van der Waals surface area contributed by atoms with Crippen molar-refractivity contribution in [1.82, 2.24) is 0 Å². The van der Waals surface area contributed by atoms with E-state index in [1.165, 1.54) is 37.1 Å². The van der Waals surface area contributed by atoms with Crippen LogP contribution in [0.2, 0.25) is 0 Å². The van der Waals surface area contributed by atoms with E-state index in [9.17, 15) is 0 Å². The highest BCUT2D eigenvalue weighted by Gasteiger charge is 2.33. The van der Waals surface area contributed by atoms with Gasteiger partial charge in [0.05, 0.1) is 18.5 Å². The zero-order chi connectivity index (χ0) is 11.8. The lowest BCUT2D eigenvalue weighted by Crippen LogP contribution is -2.50. The summed E-state index contributed by atoms with van der Waals surface area (Å²) in [6.07, 6.45) is 5.30. The largest absolute Gasteiger partial charge is 0.497 e. The Balaban J connectivity index is 1.96. The molecule has 0 aromatic heterocycles. The van der Waals surface area contributed by atoms with Gasteiger partial charge >= 0.3 is 0 Å². The van der Waals surface area contributed by atoms with Crippen molar-refractivity contribution in [2.75, 3.05) is 24.4 Å². The molecule has 2 aliphatic rings. The van der Waals surface area contributed by atoms with E-state index in [1.807, 2.05) is 6.07 Å². The quantitative estimate of drug-likeness (QED) is 0.805. The van der Waals surface area contributed by atoms with Crippen molar-refractivity contribution in [3.05, 3.63) is 18.2 Å². The van der Waals surface area contributed by atoms with Gasteiger partial charge < -0.3 is 15.0 Å². The molecule has 1 saturated carbocycles. The molecule has 2 atom stereocenters. The first-order valence-corrected chi connectivity index (χ1v) is 6.47. The maximum absolute atomic E-state index is 5.29. The summed E-state index contributed by atoms with van der Waals surface area (Å²) in [6.45, 7) is 0. The molecule has 3 nitrogen and oxygen atoms in total. The van der Waals surface area contributed by atoms with Crippen LogP contribution >= 0.6 is 0 Å². The Bertz CT molecular complexity index is 419. The van der Waals surface area contributed by atoms with Gasteiger partial charge in [0, 0.05) is 25.2 Å². The average molecular weight is 232 g/mol. The number of benzene rings is 1. The molecule has 3 rings (SSSR count). The van der Waals surface area contributed by atoms with Gasteiger partial charge in [-0.05, 0) is 25.0 Å². The highest BCUT2D eigenvalue weighted by Crippen LogP contribution is 2.39. The third-order valence-corrected chi connectivity index (χ3v) is 4.15. The van der Waals surface area contributed by atoms with Gasteiger partial charge in [0.25, 0.3) is 0 Å². The van der Waals surface area contributed by atoms with Crippen molar-refractivity contribution in [2.45, 2.75) is 37.8 Å². The fourth-order valence-corrected chi connectivity index (χ4v) is 3.19. The smallest absolute Gasteiger partial charge is 0.121 e. The summed E-state index contributed by atoms with van der Waals surface area (Å²) in [7, 11) is 3.94. The summed E-state index contributed by atoms with van der Waals surface area (Å²) in [6, 6.07) is 7.57. The van der Waals surface area contributed by atoms with Gasteiger partial charge in [-0.25, -0.2) is 0 Å². The van der Waals surface area contributed by atoms with E-state index >= 15 is 0 Å². The second kappa shape index (κ2) is 4.13. The molecule has 0 saturated heterocycles. The van der Waals surface area contributed by atoms with Gasteiger partial charge in [-0.15, -0.1) is 0 Å². The standard InChI is InChI=1S/C14H20N2O/c1-16-13-6-4-3-5-11(13)15-12-9-10(17-2)7-8-14(12)16/h7-9,11,13,15H,3-6H2,1-2H3. The zero-order valence-corrected chi connectivity index (χ0v) is 10.6. The molecule has 1 N–H and O–H groups in total. The number of rotatable bonds is 1. The molecule has 92 valence electrons. The normalized spacial score (nSPS) is 26.8. The molecular weight excluding hydrogens is 212 g/mol. The van der Waals surface area contributed by atoms with Crippen LogP contribution in [0.15, 0.2) is 18.2 Å². The lowest BCUT2D eigenvalue weighted by Gasteiger charge is -2.45. The monoisotopic (exact) mass is 232 g/mol. The fourth-order valence-electron chi connectivity index (χ4n) is 3.19. The van der Waals surface area contributed by atoms with E-state index in [0.29, 0.717) is 12.1 Å². The molecule has 3 heteroatoms. The van der Waals surface area contributed by atoms with E-state index in [2.05, 4.69) is 29.4 Å². The highest BCUT2D eigenvalue weighted by atomic mass is 16.5. The van der Waals surface area contributed by atoms with Crippen molar-refractivity contribution < 1.29 is 4.74 Å². The highest BCUT2D eigenvalue weighted by molar-refractivity contribution is 5.75. The van der Waals surface area contributed by atoms with Gasteiger partial charge in [-0.2, -0.15) is 0 Å². The molecule has 1 aromatic rings. The van der Waals surface area contributed by atoms with Crippen LogP contribution in [0.25, 0.3) is 0 Å². The van der Waals surface area contributed by atoms with Crippen LogP contribution in [0.5, 0.6) is 5.75 Å². The van der Waals surface area contributed by atoms with E-state index in [0.717, 1.165) is 5.75 Å². The Kier molecular flexibility index (Phi) is 2.61. The number of methoxy groups -OCH3 is 1. The third kappa shape index (κ3) is 1.74. The van der Waals surface area contributed by atoms with Gasteiger partial charge in [0.2, 0.25) is 0 Å². The molecule has 0 amide bonds. The maximum atomic E-state index is 5.29. The Labute approximate surface area is 103 Å². The molecule has 0 radical (unpaired) electrons. The molecule has 17 heavy (non-hydrogen) atoms. The molecule has 2 unspecified atom stereocenters. The van der Waals surface area contributed by atoms with Crippen LogP contribution in [0.1, 0.15) is 25.7 Å². The van der Waals surface area contributed by atoms with Crippen molar-refractivity contribution in [3.63, 3.8) is 0 Å². The van der Waals surface area contributed by atoms with Crippen molar-refractivity contribution in [2.24, 2.45) is 0 Å². The van der Waals surface area contributed by atoms with Gasteiger partial charge in [-0.1, -0.05) is 12.8 Å². The Hall–Kier alpha value is -1.38. The molecular formula is C14H20N2O. The number of likely N-dealkylation sites (N-methyl/N-ethyl adjacent to an activating group) is 1. The minimum Gasteiger partial charge on any atom is -0.497 e. The molecule has 1 aromatic carbocycles. The SMILES string of the molecule is COc1ccc2c(c1)NC1CCCCC1N2C. The lowest BCUT2D eigenvalue weighted by atomic mass is 9.87. The van der Waals surface area contributed by atoms with Gasteiger partial charge in [0.15, 0.2) is 0 Å². The number of anilines is 2. The topological polar surface area (TPSA) is 24.5 Å². The summed E-state index contributed by atoms with van der Waals surface area (Å²) in [5.41, 5.74) is 2.52. The number of hydrogen-bond acceptors (Lipinski definition) is 3. The van der Waals surface area contributed by atoms with E-state index in [1.54, 1.807) is 7.11 Å². The molecule has 1 aliphatic heterocycles. The zero-order valence-electron chi connectivity index (χ0n) is 10.6. The van der Waals surface area contributed by atoms with E-state index in [4.69, 9.17) is 4.74 Å². The van der Waals surface area contributed by atoms with Crippen molar-refractivity contribution >= 4 is 11.4 Å². The molecule has 1 fully saturated rings. The van der Waals surface area contributed by atoms with E-state index in [-0.39, 0.29) is 0 Å². The van der Waals surface area contributed by atoms with Gasteiger partial charge in [0.1, 0.15) is 5.75 Å². The lowest BCUT2D eigenvalue weighted by molar-refractivity contribution is 0.383. The van der Waals surface area contributed by atoms with Crippen LogP contribution in [0.3, 0.4) is 0 Å². The van der Waals surface area contributed by atoms with Crippen molar-refractivity contribution in [3.8, 4) is 5.75 Å². The first kappa shape index (κ1) is 10.8. The minimum atomic E-state index is 0.605.